The van der Waals surface area contributed by atoms with Crippen molar-refractivity contribution in [1.29, 1.82) is 0 Å². The van der Waals surface area contributed by atoms with Crippen LogP contribution >= 0.6 is 0 Å². The van der Waals surface area contributed by atoms with Gasteiger partial charge >= 0.3 is 0 Å². The minimum Gasteiger partial charge on any atom is -0.307 e. The lowest BCUT2D eigenvalue weighted by Crippen LogP contribution is -2.33. The highest BCUT2D eigenvalue weighted by molar-refractivity contribution is 5.19. The second kappa shape index (κ2) is 7.75. The standard InChI is InChI=1S/C17H27FN2/c1-3-10-20-11-5-8-17(9-12-20)19-14(2)15-6-4-7-16(18)13-15/h4,6-7,13-14,17,19H,3,5,8-12H2,1-2H3. The van der Waals surface area contributed by atoms with Crippen LogP contribution in [0.4, 0.5) is 4.39 Å². The normalized spacial score (nSPS) is 22.4. The maximum atomic E-state index is 13.3. The lowest BCUT2D eigenvalue weighted by atomic mass is 10.0. The van der Waals surface area contributed by atoms with E-state index in [2.05, 4.69) is 24.1 Å². The van der Waals surface area contributed by atoms with Crippen molar-refractivity contribution in [1.82, 2.24) is 10.2 Å². The monoisotopic (exact) mass is 278 g/mol. The molecular formula is C17H27FN2. The molecule has 1 heterocycles. The van der Waals surface area contributed by atoms with E-state index in [-0.39, 0.29) is 11.9 Å². The van der Waals surface area contributed by atoms with E-state index < -0.39 is 0 Å². The highest BCUT2D eigenvalue weighted by Crippen LogP contribution is 2.18. The largest absolute Gasteiger partial charge is 0.307 e. The zero-order chi connectivity index (χ0) is 14.4. The van der Waals surface area contributed by atoms with E-state index in [0.29, 0.717) is 6.04 Å². The number of hydrogen-bond acceptors (Lipinski definition) is 2. The van der Waals surface area contributed by atoms with Crippen LogP contribution in [-0.4, -0.2) is 30.6 Å². The van der Waals surface area contributed by atoms with Crippen molar-refractivity contribution < 1.29 is 4.39 Å². The van der Waals surface area contributed by atoms with Gasteiger partial charge in [-0.1, -0.05) is 19.1 Å². The summed E-state index contributed by atoms with van der Waals surface area (Å²) in [6.45, 7) is 7.99. The van der Waals surface area contributed by atoms with Crippen LogP contribution in [0.15, 0.2) is 24.3 Å². The van der Waals surface area contributed by atoms with E-state index in [1.807, 2.05) is 6.07 Å². The SMILES string of the molecule is CCCN1CCCC(NC(C)c2cccc(F)c2)CC1. The predicted molar refractivity (Wildman–Crippen MR) is 82.3 cm³/mol. The quantitative estimate of drug-likeness (QED) is 0.882. The lowest BCUT2D eigenvalue weighted by molar-refractivity contribution is 0.281. The van der Waals surface area contributed by atoms with Gasteiger partial charge in [-0.05, 0) is 69.9 Å². The number of benzene rings is 1. The van der Waals surface area contributed by atoms with Gasteiger partial charge in [0.2, 0.25) is 0 Å². The highest BCUT2D eigenvalue weighted by Gasteiger charge is 2.18. The molecule has 1 fully saturated rings. The van der Waals surface area contributed by atoms with E-state index in [1.165, 1.54) is 51.4 Å². The average Bonchev–Trinajstić information content (AvgIpc) is 2.65. The Labute approximate surface area is 122 Å². The third-order valence-electron chi connectivity index (χ3n) is 4.19. The Bertz CT molecular complexity index is 408. The van der Waals surface area contributed by atoms with Crippen molar-refractivity contribution in [2.75, 3.05) is 19.6 Å². The zero-order valence-corrected chi connectivity index (χ0v) is 12.7. The van der Waals surface area contributed by atoms with Crippen LogP contribution in [0, 0.1) is 5.82 Å². The van der Waals surface area contributed by atoms with Crippen LogP contribution in [0.5, 0.6) is 0 Å². The second-order valence-electron chi connectivity index (χ2n) is 5.91. The van der Waals surface area contributed by atoms with Crippen LogP contribution in [0.2, 0.25) is 0 Å². The van der Waals surface area contributed by atoms with Crippen molar-refractivity contribution in [3.05, 3.63) is 35.6 Å². The Hall–Kier alpha value is -0.930. The fraction of sp³-hybridized carbons (Fsp3) is 0.647. The Morgan fingerprint density at radius 2 is 2.20 bits per heavy atom. The maximum absolute atomic E-state index is 13.3. The van der Waals surface area contributed by atoms with Gasteiger partial charge in [0.1, 0.15) is 5.82 Å². The molecule has 0 saturated carbocycles. The van der Waals surface area contributed by atoms with Gasteiger partial charge in [0.05, 0.1) is 0 Å². The van der Waals surface area contributed by atoms with Gasteiger partial charge in [0.15, 0.2) is 0 Å². The average molecular weight is 278 g/mol. The van der Waals surface area contributed by atoms with Crippen LogP contribution in [0.1, 0.15) is 51.1 Å². The molecule has 1 aliphatic heterocycles. The van der Waals surface area contributed by atoms with E-state index in [1.54, 1.807) is 12.1 Å². The summed E-state index contributed by atoms with van der Waals surface area (Å²) in [5.74, 6) is -0.147. The zero-order valence-electron chi connectivity index (χ0n) is 12.7. The first-order valence-corrected chi connectivity index (χ1v) is 7.93. The molecular weight excluding hydrogens is 251 g/mol. The summed E-state index contributed by atoms with van der Waals surface area (Å²) in [4.78, 5) is 2.56. The molecule has 0 radical (unpaired) electrons. The Kier molecular flexibility index (Phi) is 5.99. The molecule has 0 aromatic heterocycles. The van der Waals surface area contributed by atoms with Gasteiger partial charge in [-0.15, -0.1) is 0 Å². The van der Waals surface area contributed by atoms with Crippen molar-refractivity contribution in [2.24, 2.45) is 0 Å². The van der Waals surface area contributed by atoms with Crippen LogP contribution < -0.4 is 5.32 Å². The minimum absolute atomic E-state index is 0.147. The third-order valence-corrected chi connectivity index (χ3v) is 4.19. The Balaban J connectivity index is 1.86. The van der Waals surface area contributed by atoms with Crippen molar-refractivity contribution in [3.63, 3.8) is 0 Å². The number of halogens is 1. The molecule has 0 bridgehead atoms. The Morgan fingerprint density at radius 3 is 2.95 bits per heavy atom. The Morgan fingerprint density at radius 1 is 1.35 bits per heavy atom. The van der Waals surface area contributed by atoms with Gasteiger partial charge in [0, 0.05) is 12.1 Å². The summed E-state index contributed by atoms with van der Waals surface area (Å²) in [5.41, 5.74) is 1.04. The fourth-order valence-corrected chi connectivity index (χ4v) is 3.09. The minimum atomic E-state index is -0.147. The highest BCUT2D eigenvalue weighted by atomic mass is 19.1. The van der Waals surface area contributed by atoms with Gasteiger partial charge in [-0.2, -0.15) is 0 Å². The summed E-state index contributed by atoms with van der Waals surface area (Å²) in [6, 6.07) is 7.70. The molecule has 2 unspecified atom stereocenters. The van der Waals surface area contributed by atoms with Crippen LogP contribution in [0.3, 0.4) is 0 Å². The summed E-state index contributed by atoms with van der Waals surface area (Å²) in [6.07, 6.45) is 4.91. The molecule has 20 heavy (non-hydrogen) atoms. The van der Waals surface area contributed by atoms with Crippen molar-refractivity contribution in [3.8, 4) is 0 Å². The smallest absolute Gasteiger partial charge is 0.123 e. The predicted octanol–water partition coefficient (Wildman–Crippen LogP) is 3.74. The summed E-state index contributed by atoms with van der Waals surface area (Å²) < 4.78 is 13.3. The fourth-order valence-electron chi connectivity index (χ4n) is 3.09. The first-order chi connectivity index (χ1) is 9.69. The van der Waals surface area contributed by atoms with Crippen LogP contribution in [0.25, 0.3) is 0 Å². The molecule has 0 aliphatic carbocycles. The number of nitrogens with zero attached hydrogens (tertiary/aromatic N) is 1. The van der Waals surface area contributed by atoms with E-state index in [0.717, 1.165) is 5.56 Å². The molecule has 1 N–H and O–H groups in total. The maximum Gasteiger partial charge on any atom is 0.123 e. The molecule has 2 nitrogen and oxygen atoms in total. The first kappa shape index (κ1) is 15.5. The number of hydrogen-bond donors (Lipinski definition) is 1. The molecule has 112 valence electrons. The molecule has 2 rings (SSSR count). The summed E-state index contributed by atoms with van der Waals surface area (Å²) in [5, 5.41) is 3.67. The number of rotatable bonds is 5. The third kappa shape index (κ3) is 4.57. The van der Waals surface area contributed by atoms with Crippen molar-refractivity contribution >= 4 is 0 Å². The molecule has 2 atom stereocenters. The molecule has 1 aliphatic rings. The van der Waals surface area contributed by atoms with Gasteiger partial charge < -0.3 is 10.2 Å². The first-order valence-electron chi connectivity index (χ1n) is 7.93. The summed E-state index contributed by atoms with van der Waals surface area (Å²) in [7, 11) is 0. The molecule has 1 aromatic rings. The van der Waals surface area contributed by atoms with Crippen molar-refractivity contribution in [2.45, 2.75) is 51.6 Å². The number of nitrogens with one attached hydrogen (secondary N) is 1. The van der Waals surface area contributed by atoms with Crippen LogP contribution in [-0.2, 0) is 0 Å². The summed E-state index contributed by atoms with van der Waals surface area (Å²) >= 11 is 0. The molecule has 1 saturated heterocycles. The molecule has 3 heteroatoms. The number of likely N-dealkylation sites (tertiary alicyclic amines) is 1. The molecule has 0 amide bonds. The molecule has 1 aromatic carbocycles. The topological polar surface area (TPSA) is 15.3 Å². The van der Waals surface area contributed by atoms with E-state index in [4.69, 9.17) is 0 Å². The van der Waals surface area contributed by atoms with Gasteiger partial charge in [-0.3, -0.25) is 0 Å². The van der Waals surface area contributed by atoms with E-state index in [9.17, 15) is 4.39 Å². The lowest BCUT2D eigenvalue weighted by Gasteiger charge is -2.23. The van der Waals surface area contributed by atoms with E-state index >= 15 is 0 Å². The van der Waals surface area contributed by atoms with Gasteiger partial charge in [-0.25, -0.2) is 4.39 Å². The van der Waals surface area contributed by atoms with Gasteiger partial charge in [0.25, 0.3) is 0 Å². The molecule has 0 spiro atoms. The second-order valence-corrected chi connectivity index (χ2v) is 5.91.